The Morgan fingerprint density at radius 2 is 2.05 bits per heavy atom. The van der Waals surface area contributed by atoms with Crippen molar-refractivity contribution in [3.8, 4) is 5.75 Å². The van der Waals surface area contributed by atoms with Gasteiger partial charge in [-0.15, -0.1) is 5.10 Å². The minimum Gasteiger partial charge on any atom is -0.489 e. The highest BCUT2D eigenvalue weighted by Gasteiger charge is 2.26. The molecule has 0 saturated heterocycles. The van der Waals surface area contributed by atoms with Gasteiger partial charge in [0.1, 0.15) is 12.4 Å². The summed E-state index contributed by atoms with van der Waals surface area (Å²) in [5.41, 5.74) is 12.4. The molecule has 0 aromatic heterocycles. The first-order valence-corrected chi connectivity index (χ1v) is 6.73. The summed E-state index contributed by atoms with van der Waals surface area (Å²) in [7, 11) is 0. The van der Waals surface area contributed by atoms with Crippen LogP contribution in [0, 0.1) is 0 Å². The average Bonchev–Trinajstić information content (AvgIpc) is 3.33. The Hall–Kier alpha value is -2.12. The topological polar surface area (TPSA) is 103 Å². The number of rotatable bonds is 7. The number of hydrazine groups is 1. The maximum Gasteiger partial charge on any atom is 0.152 e. The third-order valence-electron chi connectivity index (χ3n) is 3.14. The second-order valence-corrected chi connectivity index (χ2v) is 4.88. The molecular formula is C14H20FN5O. The molecule has 114 valence electrons. The molecule has 2 rings (SSSR count). The fourth-order valence-electron chi connectivity index (χ4n) is 1.64. The lowest BCUT2D eigenvalue weighted by atomic mass is 10.2. The van der Waals surface area contributed by atoms with Gasteiger partial charge in [0.05, 0.1) is 12.4 Å². The zero-order chi connectivity index (χ0) is 15.2. The first-order chi connectivity index (χ1) is 10.1. The van der Waals surface area contributed by atoms with E-state index in [-0.39, 0.29) is 13.2 Å². The van der Waals surface area contributed by atoms with Gasteiger partial charge in [-0.25, -0.2) is 15.4 Å². The molecule has 21 heavy (non-hydrogen) atoms. The largest absolute Gasteiger partial charge is 0.489 e. The average molecular weight is 293 g/mol. The van der Waals surface area contributed by atoms with E-state index in [1.807, 2.05) is 0 Å². The highest BCUT2D eigenvalue weighted by molar-refractivity contribution is 5.97. The molecule has 6 N–H and O–H groups in total. The van der Waals surface area contributed by atoms with Gasteiger partial charge in [0.25, 0.3) is 0 Å². The predicted octanol–water partition coefficient (Wildman–Crippen LogP) is 0.836. The van der Waals surface area contributed by atoms with Crippen molar-refractivity contribution < 1.29 is 9.13 Å². The van der Waals surface area contributed by atoms with Crippen LogP contribution in [0.4, 0.5) is 4.39 Å². The lowest BCUT2D eigenvalue weighted by Crippen LogP contribution is -2.31. The second kappa shape index (κ2) is 7.05. The molecule has 0 unspecified atom stereocenters. The van der Waals surface area contributed by atoms with E-state index in [1.54, 1.807) is 24.3 Å². The molecule has 0 heterocycles. The minimum atomic E-state index is 0.119. The van der Waals surface area contributed by atoms with E-state index in [0.717, 1.165) is 18.4 Å². The molecule has 1 saturated carbocycles. The van der Waals surface area contributed by atoms with Gasteiger partial charge in [-0.2, -0.15) is 0 Å². The Labute approximate surface area is 123 Å². The van der Waals surface area contributed by atoms with Crippen LogP contribution >= 0.6 is 0 Å². The number of halogens is 1. The molecule has 1 aromatic carbocycles. The minimum absolute atomic E-state index is 0.119. The molecule has 0 aliphatic heterocycles. The Bertz CT molecular complexity index is 525. The molecule has 7 heteroatoms. The maximum atomic E-state index is 12.4. The summed E-state index contributed by atoms with van der Waals surface area (Å²) in [6, 6.07) is 7.32. The molecule has 6 nitrogen and oxygen atoms in total. The third-order valence-corrected chi connectivity index (χ3v) is 3.14. The number of hydrogen-bond acceptors (Lipinski definition) is 5. The first-order valence-electron chi connectivity index (χ1n) is 6.73. The van der Waals surface area contributed by atoms with Gasteiger partial charge in [-0.3, -0.25) is 0 Å². The number of amidine groups is 1. The molecule has 0 amide bonds. The Kier molecular flexibility index (Phi) is 5.13. The van der Waals surface area contributed by atoms with Crippen LogP contribution in [0.5, 0.6) is 5.75 Å². The molecular weight excluding hydrogens is 273 g/mol. The van der Waals surface area contributed by atoms with Crippen LogP contribution in [0.25, 0.3) is 0 Å². The first kappa shape index (κ1) is 15.3. The summed E-state index contributed by atoms with van der Waals surface area (Å²) in [6.45, 7) is 0.246. The standard InChI is InChI=1S/C14H20FN5O/c15-7-10(8-16)9-21-13-5-1-11(2-6-13)14(17)19-20(18)12-3-4-12/h1-2,5-7,12H,3-4,8-9,16,18H2,(H2,17,19)/b10-7+. The van der Waals surface area contributed by atoms with Crippen LogP contribution in [-0.2, 0) is 0 Å². The van der Waals surface area contributed by atoms with Crippen molar-refractivity contribution in [2.75, 3.05) is 13.2 Å². The van der Waals surface area contributed by atoms with Crippen LogP contribution in [0.15, 0.2) is 41.3 Å². The van der Waals surface area contributed by atoms with Gasteiger partial charge in [-0.05, 0) is 37.1 Å². The summed E-state index contributed by atoms with van der Waals surface area (Å²) >= 11 is 0. The van der Waals surface area contributed by atoms with Gasteiger partial charge in [0, 0.05) is 17.7 Å². The highest BCUT2D eigenvalue weighted by atomic mass is 19.1. The van der Waals surface area contributed by atoms with Gasteiger partial charge in [-0.1, -0.05) is 0 Å². The lowest BCUT2D eigenvalue weighted by Gasteiger charge is -2.12. The normalized spacial score (nSPS) is 16.0. The zero-order valence-corrected chi connectivity index (χ0v) is 11.7. The van der Waals surface area contributed by atoms with Crippen molar-refractivity contribution in [3.63, 3.8) is 0 Å². The maximum absolute atomic E-state index is 12.4. The summed E-state index contributed by atoms with van der Waals surface area (Å²) in [6.07, 6.45) is 2.56. The smallest absolute Gasteiger partial charge is 0.152 e. The van der Waals surface area contributed by atoms with E-state index < -0.39 is 0 Å². The van der Waals surface area contributed by atoms with Crippen LogP contribution in [0.1, 0.15) is 18.4 Å². The van der Waals surface area contributed by atoms with Crippen LogP contribution < -0.4 is 22.0 Å². The van der Waals surface area contributed by atoms with E-state index >= 15 is 0 Å². The quantitative estimate of drug-likeness (QED) is 0.299. The fourth-order valence-corrected chi connectivity index (χ4v) is 1.64. The van der Waals surface area contributed by atoms with Crippen molar-refractivity contribution >= 4 is 5.84 Å². The molecule has 1 aliphatic carbocycles. The van der Waals surface area contributed by atoms with Crippen molar-refractivity contribution in [2.24, 2.45) is 22.4 Å². The van der Waals surface area contributed by atoms with Crippen molar-refractivity contribution in [2.45, 2.75) is 18.9 Å². The van der Waals surface area contributed by atoms with E-state index in [4.69, 9.17) is 22.0 Å². The summed E-state index contributed by atoms with van der Waals surface area (Å²) in [5.74, 6) is 6.70. The van der Waals surface area contributed by atoms with Crippen molar-refractivity contribution in [3.05, 3.63) is 41.7 Å². The fraction of sp³-hybridized carbons (Fsp3) is 0.357. The number of ether oxygens (including phenoxy) is 1. The lowest BCUT2D eigenvalue weighted by molar-refractivity contribution is 0.288. The van der Waals surface area contributed by atoms with Gasteiger partial charge < -0.3 is 16.2 Å². The Morgan fingerprint density at radius 3 is 2.57 bits per heavy atom. The van der Waals surface area contributed by atoms with Gasteiger partial charge in [0.15, 0.2) is 5.84 Å². The summed E-state index contributed by atoms with van der Waals surface area (Å²) in [4.78, 5) is 0. The summed E-state index contributed by atoms with van der Waals surface area (Å²) < 4.78 is 17.8. The zero-order valence-electron chi connectivity index (χ0n) is 11.7. The number of hydrogen-bond donors (Lipinski definition) is 3. The van der Waals surface area contributed by atoms with Crippen molar-refractivity contribution in [1.29, 1.82) is 0 Å². The van der Waals surface area contributed by atoms with Gasteiger partial charge >= 0.3 is 0 Å². The molecule has 0 bridgehead atoms. The van der Waals surface area contributed by atoms with E-state index in [9.17, 15) is 4.39 Å². The number of benzene rings is 1. The van der Waals surface area contributed by atoms with E-state index in [2.05, 4.69) is 5.10 Å². The third kappa shape index (κ3) is 4.44. The second-order valence-electron chi connectivity index (χ2n) is 4.88. The molecule has 1 aromatic rings. The summed E-state index contributed by atoms with van der Waals surface area (Å²) in [5, 5.41) is 5.53. The van der Waals surface area contributed by atoms with Crippen molar-refractivity contribution in [1.82, 2.24) is 5.12 Å². The van der Waals surface area contributed by atoms with E-state index in [1.165, 1.54) is 5.12 Å². The van der Waals surface area contributed by atoms with Gasteiger partial charge in [0.2, 0.25) is 0 Å². The highest BCUT2D eigenvalue weighted by Crippen LogP contribution is 2.24. The number of nitrogens with zero attached hydrogens (tertiary/aromatic N) is 2. The molecule has 0 atom stereocenters. The Morgan fingerprint density at radius 1 is 1.38 bits per heavy atom. The molecule has 1 aliphatic rings. The van der Waals surface area contributed by atoms with Crippen LogP contribution in [-0.4, -0.2) is 30.1 Å². The molecule has 0 radical (unpaired) electrons. The van der Waals surface area contributed by atoms with Crippen LogP contribution in [0.3, 0.4) is 0 Å². The predicted molar refractivity (Wildman–Crippen MR) is 80.0 cm³/mol. The monoisotopic (exact) mass is 293 g/mol. The SMILES string of the molecule is NC/C(=C\F)COc1ccc(/C(N)=N/N(N)C2CC2)cc1. The number of hydrazone groups is 1. The van der Waals surface area contributed by atoms with Crippen LogP contribution in [0.2, 0.25) is 0 Å². The molecule has 1 fully saturated rings. The Balaban J connectivity index is 1.94. The van der Waals surface area contributed by atoms with E-state index in [0.29, 0.717) is 29.5 Å². The number of nitrogens with two attached hydrogens (primary N) is 3. The molecule has 0 spiro atoms.